The first-order valence-corrected chi connectivity index (χ1v) is 5.86. The first-order chi connectivity index (χ1) is 8.30. The van der Waals surface area contributed by atoms with Gasteiger partial charge in [-0.25, -0.2) is 5.43 Å². The monoisotopic (exact) mass is 234 g/mol. The molecule has 0 bridgehead atoms. The molecule has 1 unspecified atom stereocenters. The number of aryl methyl sites for hydroxylation is 2. The summed E-state index contributed by atoms with van der Waals surface area (Å²) in [6.07, 6.45) is 2.56. The van der Waals surface area contributed by atoms with Crippen LogP contribution in [-0.4, -0.2) is 9.78 Å². The number of hydrogen-bond acceptors (Lipinski definition) is 4. The molecule has 0 saturated heterocycles. The van der Waals surface area contributed by atoms with E-state index in [2.05, 4.69) is 30.4 Å². The van der Waals surface area contributed by atoms with Gasteiger partial charge in [-0.1, -0.05) is 6.92 Å². The molecule has 2 heterocycles. The average Bonchev–Trinajstić information content (AvgIpc) is 2.99. The molecule has 17 heavy (non-hydrogen) atoms. The van der Waals surface area contributed by atoms with E-state index >= 15 is 0 Å². The maximum absolute atomic E-state index is 5.62. The van der Waals surface area contributed by atoms with E-state index in [1.165, 1.54) is 0 Å². The zero-order chi connectivity index (χ0) is 12.3. The van der Waals surface area contributed by atoms with Gasteiger partial charge in [0.1, 0.15) is 11.8 Å². The van der Waals surface area contributed by atoms with Crippen LogP contribution < -0.4 is 11.3 Å². The summed E-state index contributed by atoms with van der Waals surface area (Å²) >= 11 is 0. The second-order valence-electron chi connectivity index (χ2n) is 3.84. The van der Waals surface area contributed by atoms with Crippen LogP contribution in [0.3, 0.4) is 0 Å². The van der Waals surface area contributed by atoms with Gasteiger partial charge in [0.05, 0.1) is 17.7 Å². The Morgan fingerprint density at radius 2 is 2.35 bits per heavy atom. The summed E-state index contributed by atoms with van der Waals surface area (Å²) in [6, 6.07) is 5.67. The van der Waals surface area contributed by atoms with Crippen molar-refractivity contribution in [2.75, 3.05) is 0 Å². The molecule has 5 heteroatoms. The summed E-state index contributed by atoms with van der Waals surface area (Å²) in [4.78, 5) is 0. The van der Waals surface area contributed by atoms with Crippen LogP contribution >= 0.6 is 0 Å². The Morgan fingerprint density at radius 1 is 1.53 bits per heavy atom. The fraction of sp³-hybridized carbons (Fsp3) is 0.417. The molecule has 0 aliphatic rings. The largest absolute Gasteiger partial charge is 0.467 e. The number of aromatic nitrogens is 2. The van der Waals surface area contributed by atoms with Gasteiger partial charge in [-0.2, -0.15) is 5.10 Å². The molecule has 0 aliphatic heterocycles. The summed E-state index contributed by atoms with van der Waals surface area (Å²) < 4.78 is 7.35. The molecule has 1 atom stereocenters. The number of hydrazine groups is 1. The van der Waals surface area contributed by atoms with E-state index in [4.69, 9.17) is 10.3 Å². The van der Waals surface area contributed by atoms with Crippen molar-refractivity contribution in [2.45, 2.75) is 32.9 Å². The summed E-state index contributed by atoms with van der Waals surface area (Å²) in [5, 5.41) is 4.51. The van der Waals surface area contributed by atoms with Crippen LogP contribution in [0.1, 0.15) is 37.0 Å². The Morgan fingerprint density at radius 3 is 2.88 bits per heavy atom. The Bertz CT molecular complexity index is 461. The van der Waals surface area contributed by atoms with Gasteiger partial charge in [0, 0.05) is 6.54 Å². The number of rotatable bonds is 5. The standard InChI is InChI=1S/C12H18N4O/c1-3-9-8-10(16(4-2)15-9)12(14-13)11-6-5-7-17-11/h5-8,12,14H,3-4,13H2,1-2H3. The highest BCUT2D eigenvalue weighted by molar-refractivity contribution is 5.22. The van der Waals surface area contributed by atoms with Crippen molar-refractivity contribution in [3.63, 3.8) is 0 Å². The highest BCUT2D eigenvalue weighted by atomic mass is 16.3. The van der Waals surface area contributed by atoms with Gasteiger partial charge in [-0.3, -0.25) is 10.5 Å². The first-order valence-electron chi connectivity index (χ1n) is 5.86. The predicted molar refractivity (Wildman–Crippen MR) is 65.2 cm³/mol. The van der Waals surface area contributed by atoms with Crippen LogP contribution in [0.5, 0.6) is 0 Å². The van der Waals surface area contributed by atoms with Crippen LogP contribution in [0.15, 0.2) is 28.9 Å². The van der Waals surface area contributed by atoms with E-state index in [0.717, 1.165) is 30.1 Å². The lowest BCUT2D eigenvalue weighted by atomic mass is 10.1. The van der Waals surface area contributed by atoms with E-state index in [1.807, 2.05) is 16.8 Å². The number of nitrogens with two attached hydrogens (primary N) is 1. The van der Waals surface area contributed by atoms with E-state index in [-0.39, 0.29) is 6.04 Å². The van der Waals surface area contributed by atoms with Gasteiger partial charge in [0.2, 0.25) is 0 Å². The van der Waals surface area contributed by atoms with Gasteiger partial charge in [-0.15, -0.1) is 0 Å². The summed E-state index contributed by atoms with van der Waals surface area (Å²) in [5.74, 6) is 6.42. The van der Waals surface area contributed by atoms with Crippen molar-refractivity contribution in [1.29, 1.82) is 0 Å². The van der Waals surface area contributed by atoms with Crippen LogP contribution in [0, 0.1) is 0 Å². The molecule has 2 rings (SSSR count). The van der Waals surface area contributed by atoms with Crippen LogP contribution in [0.2, 0.25) is 0 Å². The first kappa shape index (κ1) is 11.9. The minimum absolute atomic E-state index is 0.155. The highest BCUT2D eigenvalue weighted by Crippen LogP contribution is 2.22. The van der Waals surface area contributed by atoms with Crippen molar-refractivity contribution in [2.24, 2.45) is 5.84 Å². The minimum atomic E-state index is -0.155. The lowest BCUT2D eigenvalue weighted by Gasteiger charge is -2.14. The topological polar surface area (TPSA) is 69.0 Å². The Labute approximate surface area is 101 Å². The van der Waals surface area contributed by atoms with Gasteiger partial charge in [0.25, 0.3) is 0 Å². The van der Waals surface area contributed by atoms with Gasteiger partial charge < -0.3 is 4.42 Å². The molecule has 0 aromatic carbocycles. The highest BCUT2D eigenvalue weighted by Gasteiger charge is 2.20. The van der Waals surface area contributed by atoms with E-state index in [0.29, 0.717) is 0 Å². The molecule has 2 aromatic heterocycles. The zero-order valence-electron chi connectivity index (χ0n) is 10.2. The predicted octanol–water partition coefficient (Wildman–Crippen LogP) is 1.61. The smallest absolute Gasteiger partial charge is 0.128 e. The zero-order valence-corrected chi connectivity index (χ0v) is 10.2. The third-order valence-electron chi connectivity index (χ3n) is 2.81. The van der Waals surface area contributed by atoms with Gasteiger partial charge in [0.15, 0.2) is 0 Å². The third-order valence-corrected chi connectivity index (χ3v) is 2.81. The molecule has 0 spiro atoms. The van der Waals surface area contributed by atoms with E-state index in [9.17, 15) is 0 Å². The summed E-state index contributed by atoms with van der Waals surface area (Å²) in [6.45, 7) is 4.96. The molecule has 0 radical (unpaired) electrons. The molecule has 0 fully saturated rings. The van der Waals surface area contributed by atoms with Crippen LogP contribution in [-0.2, 0) is 13.0 Å². The number of nitrogens with zero attached hydrogens (tertiary/aromatic N) is 2. The number of nitrogens with one attached hydrogen (secondary N) is 1. The Kier molecular flexibility index (Phi) is 3.61. The fourth-order valence-corrected chi connectivity index (χ4v) is 1.91. The van der Waals surface area contributed by atoms with Gasteiger partial charge in [-0.05, 0) is 31.5 Å². The number of furan rings is 1. The van der Waals surface area contributed by atoms with Crippen molar-refractivity contribution < 1.29 is 4.42 Å². The second kappa shape index (κ2) is 5.16. The molecule has 92 valence electrons. The van der Waals surface area contributed by atoms with Gasteiger partial charge >= 0.3 is 0 Å². The second-order valence-corrected chi connectivity index (χ2v) is 3.84. The van der Waals surface area contributed by atoms with Crippen molar-refractivity contribution >= 4 is 0 Å². The van der Waals surface area contributed by atoms with E-state index < -0.39 is 0 Å². The van der Waals surface area contributed by atoms with Crippen molar-refractivity contribution in [3.8, 4) is 0 Å². The molecular formula is C12H18N4O. The quantitative estimate of drug-likeness (QED) is 0.609. The lowest BCUT2D eigenvalue weighted by Crippen LogP contribution is -2.30. The van der Waals surface area contributed by atoms with Crippen molar-refractivity contribution in [3.05, 3.63) is 41.6 Å². The fourth-order valence-electron chi connectivity index (χ4n) is 1.91. The van der Waals surface area contributed by atoms with Crippen LogP contribution in [0.25, 0.3) is 0 Å². The molecule has 3 N–H and O–H groups in total. The Hall–Kier alpha value is -1.59. The normalized spacial score (nSPS) is 12.9. The molecule has 0 saturated carbocycles. The molecular weight excluding hydrogens is 216 g/mol. The summed E-state index contributed by atoms with van der Waals surface area (Å²) in [7, 11) is 0. The maximum Gasteiger partial charge on any atom is 0.128 e. The molecule has 2 aromatic rings. The number of hydrogen-bond donors (Lipinski definition) is 2. The molecule has 5 nitrogen and oxygen atoms in total. The average molecular weight is 234 g/mol. The van der Waals surface area contributed by atoms with E-state index in [1.54, 1.807) is 6.26 Å². The summed E-state index contributed by atoms with van der Waals surface area (Å²) in [5.41, 5.74) is 4.87. The lowest BCUT2D eigenvalue weighted by molar-refractivity contribution is 0.432. The maximum atomic E-state index is 5.62. The SMILES string of the molecule is CCc1cc(C(NN)c2ccco2)n(CC)n1. The van der Waals surface area contributed by atoms with Crippen molar-refractivity contribution in [1.82, 2.24) is 15.2 Å². The Balaban J connectivity index is 2.39. The third kappa shape index (κ3) is 2.25. The van der Waals surface area contributed by atoms with Crippen LogP contribution in [0.4, 0.5) is 0 Å². The minimum Gasteiger partial charge on any atom is -0.467 e. The molecule has 0 aliphatic carbocycles. The molecule has 0 amide bonds.